The lowest BCUT2D eigenvalue weighted by molar-refractivity contribution is -0.384. The van der Waals surface area contributed by atoms with Crippen LogP contribution in [0.1, 0.15) is 44.0 Å². The summed E-state index contributed by atoms with van der Waals surface area (Å²) in [7, 11) is 0. The fraction of sp³-hybridized carbons (Fsp3) is 0.429. The van der Waals surface area contributed by atoms with E-state index in [1.807, 2.05) is 6.92 Å². The van der Waals surface area contributed by atoms with Crippen LogP contribution in [0.15, 0.2) is 29.4 Å². The van der Waals surface area contributed by atoms with Crippen LogP contribution in [0.4, 0.5) is 5.69 Å². The van der Waals surface area contributed by atoms with E-state index >= 15 is 0 Å². The van der Waals surface area contributed by atoms with E-state index in [2.05, 4.69) is 24.4 Å². The average Bonchev–Trinajstić information content (AvgIpc) is 2.42. The Hall–Kier alpha value is -2.24. The predicted molar refractivity (Wildman–Crippen MR) is 77.7 cm³/mol. The monoisotopic (exact) mass is 277 g/mol. The van der Waals surface area contributed by atoms with Gasteiger partial charge in [0.1, 0.15) is 0 Å². The van der Waals surface area contributed by atoms with Crippen LogP contribution in [0, 0.1) is 16.0 Å². The van der Waals surface area contributed by atoms with Crippen molar-refractivity contribution in [3.8, 4) is 0 Å². The zero-order valence-corrected chi connectivity index (χ0v) is 11.9. The number of nitrogens with one attached hydrogen (secondary N) is 1. The number of carbonyl (C=O) groups excluding carboxylic acids is 1. The molecule has 1 aromatic rings. The summed E-state index contributed by atoms with van der Waals surface area (Å²) in [6, 6.07) is 5.56. The highest BCUT2D eigenvalue weighted by molar-refractivity contribution is 5.95. The first-order valence-electron chi connectivity index (χ1n) is 6.48. The van der Waals surface area contributed by atoms with Crippen LogP contribution in [-0.4, -0.2) is 16.5 Å². The van der Waals surface area contributed by atoms with Gasteiger partial charge < -0.3 is 0 Å². The summed E-state index contributed by atoms with van der Waals surface area (Å²) < 4.78 is 0. The molecule has 0 spiro atoms. The van der Waals surface area contributed by atoms with Crippen molar-refractivity contribution in [3.63, 3.8) is 0 Å². The Kier molecular flexibility index (Phi) is 5.83. The van der Waals surface area contributed by atoms with Gasteiger partial charge in [-0.25, -0.2) is 5.43 Å². The molecule has 0 saturated heterocycles. The number of benzene rings is 1. The van der Waals surface area contributed by atoms with Gasteiger partial charge in [-0.2, -0.15) is 5.10 Å². The molecule has 1 rings (SSSR count). The molecule has 0 aliphatic carbocycles. The van der Waals surface area contributed by atoms with Gasteiger partial charge in [0, 0.05) is 23.4 Å². The lowest BCUT2D eigenvalue weighted by Crippen LogP contribution is -2.19. The molecule has 0 fully saturated rings. The third kappa shape index (κ3) is 5.17. The van der Waals surface area contributed by atoms with Crippen molar-refractivity contribution in [2.24, 2.45) is 11.0 Å². The molecule has 0 saturated carbocycles. The Morgan fingerprint density at radius 2 is 2.15 bits per heavy atom. The molecule has 1 aromatic carbocycles. The van der Waals surface area contributed by atoms with Crippen molar-refractivity contribution >= 4 is 17.3 Å². The van der Waals surface area contributed by atoms with Crippen LogP contribution in [0.3, 0.4) is 0 Å². The Bertz CT molecular complexity index is 524. The number of nitrogens with zero attached hydrogens (tertiary/aromatic N) is 2. The van der Waals surface area contributed by atoms with Gasteiger partial charge in [-0.15, -0.1) is 0 Å². The molecule has 1 amide bonds. The van der Waals surface area contributed by atoms with Crippen LogP contribution < -0.4 is 5.43 Å². The number of rotatable bonds is 6. The largest absolute Gasteiger partial charge is 0.271 e. The maximum absolute atomic E-state index is 11.8. The lowest BCUT2D eigenvalue weighted by atomic mass is 10.1. The van der Waals surface area contributed by atoms with Crippen molar-refractivity contribution in [2.45, 2.75) is 33.6 Å². The second-order valence-corrected chi connectivity index (χ2v) is 5.03. The number of carbonyl (C=O) groups is 1. The predicted octanol–water partition coefficient (Wildman–Crippen LogP) is 3.14. The van der Waals surface area contributed by atoms with Crippen molar-refractivity contribution in [1.82, 2.24) is 5.43 Å². The maximum atomic E-state index is 11.8. The lowest BCUT2D eigenvalue weighted by Gasteiger charge is -2.05. The number of non-ortho nitro benzene ring substituents is 1. The van der Waals surface area contributed by atoms with Crippen molar-refractivity contribution < 1.29 is 9.72 Å². The molecule has 0 radical (unpaired) electrons. The topological polar surface area (TPSA) is 84.6 Å². The highest BCUT2D eigenvalue weighted by Crippen LogP contribution is 2.13. The van der Waals surface area contributed by atoms with E-state index in [-0.39, 0.29) is 11.3 Å². The zero-order valence-electron chi connectivity index (χ0n) is 11.9. The molecular weight excluding hydrogens is 258 g/mol. The molecule has 0 unspecified atom stereocenters. The summed E-state index contributed by atoms with van der Waals surface area (Å²) in [5, 5.41) is 14.6. The minimum absolute atomic E-state index is 0.113. The van der Waals surface area contributed by atoms with E-state index in [1.54, 1.807) is 0 Å². The Balaban J connectivity index is 2.65. The SMILES string of the molecule is C/C(CCC(C)C)=N/NC(=O)c1cccc([N+](=O)[O-])c1. The van der Waals surface area contributed by atoms with Gasteiger partial charge in [0.15, 0.2) is 0 Å². The van der Waals surface area contributed by atoms with Crippen LogP contribution in [0.5, 0.6) is 0 Å². The molecule has 0 aliphatic rings. The van der Waals surface area contributed by atoms with Crippen LogP contribution in [0.2, 0.25) is 0 Å². The first-order chi connectivity index (χ1) is 9.40. The summed E-state index contributed by atoms with van der Waals surface area (Å²) in [5.74, 6) is 0.130. The van der Waals surface area contributed by atoms with Crippen molar-refractivity contribution in [3.05, 3.63) is 39.9 Å². The number of amides is 1. The van der Waals surface area contributed by atoms with Gasteiger partial charge in [0.25, 0.3) is 11.6 Å². The summed E-state index contributed by atoms with van der Waals surface area (Å²) >= 11 is 0. The molecule has 108 valence electrons. The van der Waals surface area contributed by atoms with Gasteiger partial charge in [-0.05, 0) is 31.7 Å². The number of nitro benzene ring substituents is 1. The van der Waals surface area contributed by atoms with Gasteiger partial charge in [0.2, 0.25) is 0 Å². The normalized spacial score (nSPS) is 11.5. The molecule has 6 nitrogen and oxygen atoms in total. The molecule has 0 atom stereocenters. The summed E-state index contributed by atoms with van der Waals surface area (Å²) in [4.78, 5) is 21.9. The molecule has 0 bridgehead atoms. The van der Waals surface area contributed by atoms with Crippen molar-refractivity contribution in [2.75, 3.05) is 0 Å². The number of hydrogen-bond acceptors (Lipinski definition) is 4. The smallest absolute Gasteiger partial charge is 0.267 e. The minimum atomic E-state index is -0.534. The van der Waals surface area contributed by atoms with E-state index in [4.69, 9.17) is 0 Å². The summed E-state index contributed by atoms with van der Waals surface area (Å²) in [6.45, 7) is 6.08. The zero-order chi connectivity index (χ0) is 15.1. The fourth-order valence-electron chi connectivity index (χ4n) is 1.52. The van der Waals surface area contributed by atoms with E-state index in [9.17, 15) is 14.9 Å². The average molecular weight is 277 g/mol. The second-order valence-electron chi connectivity index (χ2n) is 5.03. The Morgan fingerprint density at radius 3 is 2.75 bits per heavy atom. The molecule has 0 heterocycles. The molecule has 0 aliphatic heterocycles. The molecule has 1 N–H and O–H groups in total. The number of nitro groups is 1. The van der Waals surface area contributed by atoms with Crippen LogP contribution >= 0.6 is 0 Å². The highest BCUT2D eigenvalue weighted by Gasteiger charge is 2.10. The standard InChI is InChI=1S/C14H19N3O3/c1-10(2)7-8-11(3)15-16-14(18)12-5-4-6-13(9-12)17(19)20/h4-6,9-10H,7-8H2,1-3H3,(H,16,18)/b15-11-. The van der Waals surface area contributed by atoms with Gasteiger partial charge in [-0.1, -0.05) is 19.9 Å². The summed E-state index contributed by atoms with van der Waals surface area (Å²) in [5.41, 5.74) is 3.36. The first-order valence-corrected chi connectivity index (χ1v) is 6.48. The Morgan fingerprint density at radius 1 is 1.45 bits per heavy atom. The van der Waals surface area contributed by atoms with Crippen LogP contribution in [-0.2, 0) is 0 Å². The third-order valence-electron chi connectivity index (χ3n) is 2.75. The number of hydrazone groups is 1. The minimum Gasteiger partial charge on any atom is -0.267 e. The molecule has 20 heavy (non-hydrogen) atoms. The quantitative estimate of drug-likeness (QED) is 0.492. The van der Waals surface area contributed by atoms with Gasteiger partial charge in [-0.3, -0.25) is 14.9 Å². The first kappa shape index (κ1) is 15.8. The van der Waals surface area contributed by atoms with Crippen LogP contribution in [0.25, 0.3) is 0 Å². The van der Waals surface area contributed by atoms with E-state index < -0.39 is 10.8 Å². The summed E-state index contributed by atoms with van der Waals surface area (Å²) in [6.07, 6.45) is 1.81. The van der Waals surface area contributed by atoms with Crippen molar-refractivity contribution in [1.29, 1.82) is 0 Å². The van der Waals surface area contributed by atoms with E-state index in [1.165, 1.54) is 24.3 Å². The third-order valence-corrected chi connectivity index (χ3v) is 2.75. The Labute approximate surface area is 118 Å². The van der Waals surface area contributed by atoms with Gasteiger partial charge in [0.05, 0.1) is 4.92 Å². The van der Waals surface area contributed by atoms with Gasteiger partial charge >= 0.3 is 0 Å². The second kappa shape index (κ2) is 7.37. The molecule has 0 aromatic heterocycles. The molecule has 6 heteroatoms. The fourth-order valence-corrected chi connectivity index (χ4v) is 1.52. The van der Waals surface area contributed by atoms with E-state index in [0.29, 0.717) is 5.92 Å². The molecular formula is C14H19N3O3. The highest BCUT2D eigenvalue weighted by atomic mass is 16.6. The maximum Gasteiger partial charge on any atom is 0.271 e. The van der Waals surface area contributed by atoms with E-state index in [0.717, 1.165) is 18.6 Å². The number of hydrogen-bond donors (Lipinski definition) is 1.